The Morgan fingerprint density at radius 3 is 2.38 bits per heavy atom. The average Bonchev–Trinajstić information content (AvgIpc) is 2.49. The van der Waals surface area contributed by atoms with E-state index < -0.39 is 14.9 Å². The monoisotopic (exact) mass is 350 g/mol. The van der Waals surface area contributed by atoms with Crippen molar-refractivity contribution >= 4 is 33.1 Å². The number of nitrogens with zero attached hydrogens (tertiary/aromatic N) is 2. The number of sulfonamides is 1. The second kappa shape index (κ2) is 6.62. The Bertz CT molecular complexity index is 894. The zero-order chi connectivity index (χ0) is 17.9. The predicted molar refractivity (Wildman–Crippen MR) is 87.2 cm³/mol. The van der Waals surface area contributed by atoms with Gasteiger partial charge in [0.2, 0.25) is 5.91 Å². The first-order valence-electron chi connectivity index (χ1n) is 6.70. The third kappa shape index (κ3) is 4.04. The van der Waals surface area contributed by atoms with Crippen molar-refractivity contribution in [2.24, 2.45) is 0 Å². The summed E-state index contributed by atoms with van der Waals surface area (Å²) in [4.78, 5) is 24.8. The number of carbonyl (C=O) groups excluding carboxylic acids is 1. The summed E-state index contributed by atoms with van der Waals surface area (Å²) in [5.41, 5.74) is 0.559. The van der Waals surface area contributed by atoms with Crippen LogP contribution < -0.4 is 10.0 Å². The van der Waals surface area contributed by atoms with Gasteiger partial charge in [-0.15, -0.1) is 0 Å². The molecule has 1 heterocycles. The molecule has 0 spiro atoms. The van der Waals surface area contributed by atoms with Gasteiger partial charge in [0.25, 0.3) is 15.7 Å². The molecule has 0 saturated heterocycles. The quantitative estimate of drug-likeness (QED) is 0.627. The zero-order valence-electron chi connectivity index (χ0n) is 12.8. The van der Waals surface area contributed by atoms with Gasteiger partial charge >= 0.3 is 0 Å². The minimum Gasteiger partial charge on any atom is -0.326 e. The maximum absolute atomic E-state index is 12.3. The lowest BCUT2D eigenvalue weighted by molar-refractivity contribution is -0.385. The molecule has 0 radical (unpaired) electrons. The molecule has 0 bridgehead atoms. The van der Waals surface area contributed by atoms with Crippen LogP contribution in [0.3, 0.4) is 0 Å². The Hall–Kier alpha value is -3.01. The number of hydrogen-bond donors (Lipinski definition) is 2. The molecule has 2 N–H and O–H groups in total. The van der Waals surface area contributed by atoms with Gasteiger partial charge in [0, 0.05) is 18.7 Å². The third-order valence-electron chi connectivity index (χ3n) is 2.99. The summed E-state index contributed by atoms with van der Waals surface area (Å²) in [6, 6.07) is 6.78. The van der Waals surface area contributed by atoms with Crippen molar-refractivity contribution in [3.63, 3.8) is 0 Å². The molecule has 0 aliphatic heterocycles. The highest BCUT2D eigenvalue weighted by molar-refractivity contribution is 7.92. The number of rotatable bonds is 5. The van der Waals surface area contributed by atoms with Gasteiger partial charge in [0.05, 0.1) is 9.82 Å². The van der Waals surface area contributed by atoms with Gasteiger partial charge in [0.1, 0.15) is 12.0 Å². The van der Waals surface area contributed by atoms with Gasteiger partial charge in [-0.25, -0.2) is 13.4 Å². The molecule has 0 aliphatic rings. The van der Waals surface area contributed by atoms with Crippen molar-refractivity contribution in [3.8, 4) is 0 Å². The van der Waals surface area contributed by atoms with Crippen molar-refractivity contribution in [2.75, 3.05) is 10.0 Å². The summed E-state index contributed by atoms with van der Waals surface area (Å²) >= 11 is 0. The Morgan fingerprint density at radius 2 is 1.88 bits per heavy atom. The second-order valence-electron chi connectivity index (χ2n) is 4.93. The molecular weight excluding hydrogens is 336 g/mol. The van der Waals surface area contributed by atoms with Gasteiger partial charge in [-0.2, -0.15) is 0 Å². The fourth-order valence-corrected chi connectivity index (χ4v) is 2.95. The maximum atomic E-state index is 12.3. The number of amides is 1. The van der Waals surface area contributed by atoms with Crippen LogP contribution in [0.15, 0.2) is 41.4 Å². The van der Waals surface area contributed by atoms with Crippen molar-refractivity contribution in [1.29, 1.82) is 0 Å². The lowest BCUT2D eigenvalue weighted by Crippen LogP contribution is -2.15. The molecule has 2 rings (SSSR count). The minimum absolute atomic E-state index is 0.00605. The number of nitrogens with one attached hydrogen (secondary N) is 2. The Kier molecular flexibility index (Phi) is 4.79. The van der Waals surface area contributed by atoms with Crippen molar-refractivity contribution in [2.45, 2.75) is 18.7 Å². The maximum Gasteiger partial charge on any atom is 0.287 e. The van der Waals surface area contributed by atoms with E-state index in [1.54, 1.807) is 0 Å². The van der Waals surface area contributed by atoms with E-state index in [1.165, 1.54) is 44.2 Å². The van der Waals surface area contributed by atoms with Gasteiger partial charge < -0.3 is 5.32 Å². The lowest BCUT2D eigenvalue weighted by atomic mass is 10.3. The van der Waals surface area contributed by atoms with E-state index in [9.17, 15) is 23.3 Å². The molecule has 0 aliphatic carbocycles. The smallest absolute Gasteiger partial charge is 0.287 e. The third-order valence-corrected chi connectivity index (χ3v) is 4.35. The number of aromatic nitrogens is 1. The number of aryl methyl sites for hydroxylation is 1. The van der Waals surface area contributed by atoms with E-state index in [1.807, 2.05) is 0 Å². The first-order chi connectivity index (χ1) is 11.2. The van der Waals surface area contributed by atoms with Crippen LogP contribution in [0.25, 0.3) is 0 Å². The molecule has 1 aromatic carbocycles. The molecule has 0 atom stereocenters. The van der Waals surface area contributed by atoms with Crippen LogP contribution in [0.4, 0.5) is 17.2 Å². The first kappa shape index (κ1) is 17.3. The van der Waals surface area contributed by atoms with Crippen LogP contribution in [-0.2, 0) is 14.8 Å². The molecule has 9 nitrogen and oxygen atoms in total. The Balaban J connectivity index is 2.25. The normalized spacial score (nSPS) is 10.9. The highest BCUT2D eigenvalue weighted by atomic mass is 32.2. The molecule has 2 aromatic rings. The highest BCUT2D eigenvalue weighted by Gasteiger charge is 2.18. The van der Waals surface area contributed by atoms with Gasteiger partial charge in [-0.3, -0.25) is 19.6 Å². The zero-order valence-corrected chi connectivity index (χ0v) is 13.6. The molecule has 0 unspecified atom stereocenters. The Labute approximate surface area is 137 Å². The first-order valence-corrected chi connectivity index (χ1v) is 8.19. The number of pyridine rings is 1. The summed E-state index contributed by atoms with van der Waals surface area (Å²) in [6.45, 7) is 2.85. The molecule has 10 heteroatoms. The summed E-state index contributed by atoms with van der Waals surface area (Å²) in [7, 11) is -3.91. The Morgan fingerprint density at radius 1 is 1.25 bits per heavy atom. The molecule has 1 amide bonds. The number of carbonyl (C=O) groups is 1. The average molecular weight is 350 g/mol. The number of nitro groups is 1. The topological polar surface area (TPSA) is 131 Å². The number of benzene rings is 1. The van der Waals surface area contributed by atoms with E-state index in [2.05, 4.69) is 15.0 Å². The van der Waals surface area contributed by atoms with Gasteiger partial charge in [0.15, 0.2) is 0 Å². The molecule has 1 aromatic heterocycles. The highest BCUT2D eigenvalue weighted by Crippen LogP contribution is 2.22. The van der Waals surface area contributed by atoms with Crippen LogP contribution >= 0.6 is 0 Å². The van der Waals surface area contributed by atoms with Gasteiger partial charge in [-0.1, -0.05) is 0 Å². The molecule has 24 heavy (non-hydrogen) atoms. The summed E-state index contributed by atoms with van der Waals surface area (Å²) in [5.74, 6) is -0.263. The van der Waals surface area contributed by atoms with E-state index in [0.717, 1.165) is 6.20 Å². The van der Waals surface area contributed by atoms with Crippen LogP contribution in [0, 0.1) is 17.0 Å². The molecule has 0 fully saturated rings. The summed E-state index contributed by atoms with van der Waals surface area (Å²) in [5, 5.41) is 13.2. The fourth-order valence-electron chi connectivity index (χ4n) is 1.87. The largest absolute Gasteiger partial charge is 0.326 e. The predicted octanol–water partition coefficient (Wildman–Crippen LogP) is 2.06. The fraction of sp³-hybridized carbons (Fsp3) is 0.143. The summed E-state index contributed by atoms with van der Waals surface area (Å²) < 4.78 is 26.9. The van der Waals surface area contributed by atoms with Crippen molar-refractivity contribution < 1.29 is 18.1 Å². The van der Waals surface area contributed by atoms with Crippen LogP contribution in [-0.4, -0.2) is 24.2 Å². The SMILES string of the molecule is CC(=O)Nc1ccc(S(=O)(=O)Nc2ncc([N+](=O)[O-])cc2C)cc1. The number of anilines is 2. The summed E-state index contributed by atoms with van der Waals surface area (Å²) in [6.07, 6.45) is 0.977. The standard InChI is InChI=1S/C14H14N4O5S/c1-9-7-12(18(20)21)8-15-14(9)17-24(22,23)13-5-3-11(4-6-13)16-10(2)19/h3-8H,1-2H3,(H,15,17)(H,16,19). The molecule has 0 saturated carbocycles. The lowest BCUT2D eigenvalue weighted by Gasteiger charge is -2.10. The number of hydrogen-bond acceptors (Lipinski definition) is 6. The molecular formula is C14H14N4O5S. The van der Waals surface area contributed by atoms with E-state index in [4.69, 9.17) is 0 Å². The second-order valence-corrected chi connectivity index (χ2v) is 6.61. The van der Waals surface area contributed by atoms with Crippen molar-refractivity contribution in [3.05, 3.63) is 52.2 Å². The minimum atomic E-state index is -3.91. The van der Waals surface area contributed by atoms with E-state index >= 15 is 0 Å². The van der Waals surface area contributed by atoms with Gasteiger partial charge in [-0.05, 0) is 36.8 Å². The van der Waals surface area contributed by atoms with E-state index in [0.29, 0.717) is 11.3 Å². The van der Waals surface area contributed by atoms with Crippen molar-refractivity contribution in [1.82, 2.24) is 4.98 Å². The molecule has 126 valence electrons. The van der Waals surface area contributed by atoms with E-state index in [-0.39, 0.29) is 22.3 Å². The van der Waals surface area contributed by atoms with Crippen LogP contribution in [0.2, 0.25) is 0 Å². The van der Waals surface area contributed by atoms with Crippen LogP contribution in [0.5, 0.6) is 0 Å². The van der Waals surface area contributed by atoms with Crippen LogP contribution in [0.1, 0.15) is 12.5 Å².